The Morgan fingerprint density at radius 1 is 1.25 bits per heavy atom. The zero-order valence-corrected chi connectivity index (χ0v) is 13.9. The maximum atomic E-state index is 13.4. The molecule has 0 saturated carbocycles. The van der Waals surface area contributed by atoms with E-state index in [-0.39, 0.29) is 5.60 Å². The van der Waals surface area contributed by atoms with Gasteiger partial charge < -0.3 is 15.0 Å². The highest BCUT2D eigenvalue weighted by atomic mass is 32.1. The monoisotopic (exact) mass is 352 g/mol. The third kappa shape index (κ3) is 3.13. The standard InChI is InChI=1S/C16H18F2N4OS/c17-12-6-11(7-13(18)8-12)14-20-15(24-21-14)22-4-5-23-16(10-22)2-1-3-19-9-16/h6-8,19H,1-5,9-10H2. The zero-order valence-electron chi connectivity index (χ0n) is 13.1. The molecule has 1 aromatic heterocycles. The van der Waals surface area contributed by atoms with Crippen molar-refractivity contribution in [2.45, 2.75) is 18.4 Å². The van der Waals surface area contributed by atoms with Crippen molar-refractivity contribution in [3.8, 4) is 11.4 Å². The number of halogens is 2. The molecule has 0 radical (unpaired) electrons. The van der Waals surface area contributed by atoms with Gasteiger partial charge in [-0.05, 0) is 31.5 Å². The van der Waals surface area contributed by atoms with Crippen LogP contribution in [0.1, 0.15) is 12.8 Å². The topological polar surface area (TPSA) is 50.3 Å². The maximum absolute atomic E-state index is 13.4. The number of nitrogens with one attached hydrogen (secondary N) is 1. The van der Waals surface area contributed by atoms with Gasteiger partial charge in [-0.2, -0.15) is 9.36 Å². The number of hydrogen-bond acceptors (Lipinski definition) is 6. The first-order valence-corrected chi connectivity index (χ1v) is 8.81. The van der Waals surface area contributed by atoms with Gasteiger partial charge in [-0.25, -0.2) is 8.78 Å². The summed E-state index contributed by atoms with van der Waals surface area (Å²) in [5.74, 6) is -0.893. The van der Waals surface area contributed by atoms with Gasteiger partial charge in [-0.3, -0.25) is 0 Å². The molecule has 1 aromatic carbocycles. The summed E-state index contributed by atoms with van der Waals surface area (Å²) < 4.78 is 37.1. The number of hydrogen-bond donors (Lipinski definition) is 1. The van der Waals surface area contributed by atoms with Crippen LogP contribution in [-0.4, -0.2) is 47.7 Å². The molecule has 0 bridgehead atoms. The summed E-state index contributed by atoms with van der Waals surface area (Å²) in [6, 6.07) is 3.35. The number of anilines is 1. The molecule has 24 heavy (non-hydrogen) atoms. The minimum absolute atomic E-state index is 0.173. The largest absolute Gasteiger partial charge is 0.370 e. The van der Waals surface area contributed by atoms with E-state index in [0.29, 0.717) is 18.0 Å². The van der Waals surface area contributed by atoms with Crippen LogP contribution < -0.4 is 10.2 Å². The van der Waals surface area contributed by atoms with E-state index in [9.17, 15) is 8.78 Å². The molecule has 1 spiro atoms. The molecular formula is C16H18F2N4OS. The lowest BCUT2D eigenvalue weighted by molar-refractivity contribution is -0.0688. The second kappa shape index (κ2) is 6.34. The van der Waals surface area contributed by atoms with E-state index in [2.05, 4.69) is 19.6 Å². The van der Waals surface area contributed by atoms with E-state index >= 15 is 0 Å². The van der Waals surface area contributed by atoms with Crippen LogP contribution in [0.2, 0.25) is 0 Å². The van der Waals surface area contributed by atoms with E-state index in [1.165, 1.54) is 23.7 Å². The molecule has 0 amide bonds. The number of morpholine rings is 1. The van der Waals surface area contributed by atoms with Crippen LogP contribution in [-0.2, 0) is 4.74 Å². The third-order valence-electron chi connectivity index (χ3n) is 4.49. The molecule has 1 atom stereocenters. The van der Waals surface area contributed by atoms with E-state index in [1.807, 2.05) is 0 Å². The molecule has 2 fully saturated rings. The van der Waals surface area contributed by atoms with Crippen LogP contribution in [0.25, 0.3) is 11.4 Å². The molecule has 1 unspecified atom stereocenters. The van der Waals surface area contributed by atoms with Crippen LogP contribution in [0.4, 0.5) is 13.9 Å². The Hall–Kier alpha value is -1.64. The molecule has 3 heterocycles. The average Bonchev–Trinajstić information content (AvgIpc) is 3.05. The highest BCUT2D eigenvalue weighted by Gasteiger charge is 2.38. The molecule has 128 valence electrons. The Kier molecular flexibility index (Phi) is 4.19. The fourth-order valence-electron chi connectivity index (χ4n) is 3.35. The molecule has 2 aliphatic rings. The van der Waals surface area contributed by atoms with Crippen molar-refractivity contribution < 1.29 is 13.5 Å². The van der Waals surface area contributed by atoms with Crippen molar-refractivity contribution in [1.82, 2.24) is 14.7 Å². The molecule has 1 N–H and O–H groups in total. The van der Waals surface area contributed by atoms with E-state index in [1.54, 1.807) is 0 Å². The summed E-state index contributed by atoms with van der Waals surface area (Å²) in [5.41, 5.74) is 0.185. The Balaban J connectivity index is 1.56. The van der Waals surface area contributed by atoms with Gasteiger partial charge in [-0.15, -0.1) is 0 Å². The highest BCUT2D eigenvalue weighted by molar-refractivity contribution is 7.09. The first kappa shape index (κ1) is 15.9. The Labute approximate surface area is 142 Å². The number of piperidine rings is 1. The van der Waals surface area contributed by atoms with Crippen molar-refractivity contribution in [3.05, 3.63) is 29.8 Å². The van der Waals surface area contributed by atoms with Crippen molar-refractivity contribution in [2.24, 2.45) is 0 Å². The summed E-state index contributed by atoms with van der Waals surface area (Å²) in [6.07, 6.45) is 2.12. The lowest BCUT2D eigenvalue weighted by atomic mass is 9.92. The molecule has 4 rings (SSSR count). The summed E-state index contributed by atoms with van der Waals surface area (Å²) in [6.45, 7) is 4.01. The first-order chi connectivity index (χ1) is 11.6. The second-order valence-electron chi connectivity index (χ2n) is 6.29. The van der Waals surface area contributed by atoms with Crippen LogP contribution in [0.3, 0.4) is 0 Å². The molecule has 2 aliphatic heterocycles. The van der Waals surface area contributed by atoms with Crippen LogP contribution >= 0.6 is 11.5 Å². The molecular weight excluding hydrogens is 334 g/mol. The molecule has 2 aromatic rings. The van der Waals surface area contributed by atoms with Crippen LogP contribution in [0, 0.1) is 11.6 Å². The fraction of sp³-hybridized carbons (Fsp3) is 0.500. The smallest absolute Gasteiger partial charge is 0.205 e. The highest BCUT2D eigenvalue weighted by Crippen LogP contribution is 2.31. The van der Waals surface area contributed by atoms with Gasteiger partial charge in [0.25, 0.3) is 0 Å². The van der Waals surface area contributed by atoms with Gasteiger partial charge in [0.15, 0.2) is 5.82 Å². The molecule has 5 nitrogen and oxygen atoms in total. The summed E-state index contributed by atoms with van der Waals surface area (Å²) >= 11 is 1.25. The van der Waals surface area contributed by atoms with Gasteiger partial charge in [0.05, 0.1) is 18.8 Å². The molecule has 2 saturated heterocycles. The van der Waals surface area contributed by atoms with Gasteiger partial charge in [0.1, 0.15) is 11.6 Å². The van der Waals surface area contributed by atoms with Crippen molar-refractivity contribution in [3.63, 3.8) is 0 Å². The number of nitrogens with zero attached hydrogens (tertiary/aromatic N) is 3. The normalized spacial score (nSPS) is 24.5. The number of rotatable bonds is 2. The Bertz CT molecular complexity index is 707. The van der Waals surface area contributed by atoms with E-state index in [0.717, 1.165) is 50.2 Å². The zero-order chi connectivity index (χ0) is 16.6. The van der Waals surface area contributed by atoms with Crippen molar-refractivity contribution in [2.75, 3.05) is 37.7 Å². The number of benzene rings is 1. The van der Waals surface area contributed by atoms with Gasteiger partial charge in [-0.1, -0.05) is 0 Å². The quantitative estimate of drug-likeness (QED) is 0.900. The lowest BCUT2D eigenvalue weighted by Crippen LogP contribution is -2.59. The minimum Gasteiger partial charge on any atom is -0.370 e. The second-order valence-corrected chi connectivity index (χ2v) is 7.02. The summed E-state index contributed by atoms with van der Waals surface area (Å²) in [5, 5.41) is 4.16. The predicted molar refractivity (Wildman–Crippen MR) is 88.3 cm³/mol. The molecule has 8 heteroatoms. The van der Waals surface area contributed by atoms with Crippen LogP contribution in [0.5, 0.6) is 0 Å². The SMILES string of the molecule is Fc1cc(F)cc(-c2nsc(N3CCOC4(CCCNC4)C3)n2)c1. The maximum Gasteiger partial charge on any atom is 0.205 e. The van der Waals surface area contributed by atoms with Gasteiger partial charge in [0.2, 0.25) is 5.13 Å². The van der Waals surface area contributed by atoms with Gasteiger partial charge >= 0.3 is 0 Å². The summed E-state index contributed by atoms with van der Waals surface area (Å²) in [4.78, 5) is 6.65. The number of aromatic nitrogens is 2. The lowest BCUT2D eigenvalue weighted by Gasteiger charge is -2.44. The number of ether oxygens (including phenoxy) is 1. The average molecular weight is 352 g/mol. The molecule has 0 aliphatic carbocycles. The Morgan fingerprint density at radius 3 is 2.83 bits per heavy atom. The first-order valence-electron chi connectivity index (χ1n) is 8.03. The third-order valence-corrected chi connectivity index (χ3v) is 5.27. The van der Waals surface area contributed by atoms with Crippen LogP contribution in [0.15, 0.2) is 18.2 Å². The van der Waals surface area contributed by atoms with Crippen molar-refractivity contribution in [1.29, 1.82) is 0 Å². The predicted octanol–water partition coefficient (Wildman–Crippen LogP) is 2.44. The Morgan fingerprint density at radius 2 is 2.08 bits per heavy atom. The van der Waals surface area contributed by atoms with E-state index < -0.39 is 11.6 Å². The fourth-order valence-corrected chi connectivity index (χ4v) is 4.06. The van der Waals surface area contributed by atoms with Gasteiger partial charge in [0, 0.05) is 36.3 Å². The summed E-state index contributed by atoms with van der Waals surface area (Å²) in [7, 11) is 0. The van der Waals surface area contributed by atoms with E-state index in [4.69, 9.17) is 4.74 Å². The van der Waals surface area contributed by atoms with Crippen molar-refractivity contribution >= 4 is 16.7 Å². The minimum atomic E-state index is -0.625.